The summed E-state index contributed by atoms with van der Waals surface area (Å²) >= 11 is 1.51. The number of ether oxygens (including phenoxy) is 1. The molecule has 28 heavy (non-hydrogen) atoms. The van der Waals surface area contributed by atoms with Gasteiger partial charge in [0.1, 0.15) is 5.75 Å². The van der Waals surface area contributed by atoms with Gasteiger partial charge in [-0.2, -0.15) is 0 Å². The van der Waals surface area contributed by atoms with Gasteiger partial charge in [-0.05, 0) is 56.5 Å². The van der Waals surface area contributed by atoms with E-state index in [0.717, 1.165) is 21.5 Å². The van der Waals surface area contributed by atoms with Crippen LogP contribution in [-0.4, -0.2) is 22.7 Å². The molecule has 1 unspecified atom stereocenters. The number of nitrogens with one attached hydrogen (secondary N) is 1. The Balaban J connectivity index is 1.82. The summed E-state index contributed by atoms with van der Waals surface area (Å²) in [6.07, 6.45) is 0.708. The number of carbonyl (C=O) groups excluding carboxylic acids is 1. The lowest BCUT2D eigenvalue weighted by Gasteiger charge is -2.17. The van der Waals surface area contributed by atoms with Crippen molar-refractivity contribution in [2.75, 3.05) is 11.9 Å². The van der Waals surface area contributed by atoms with Crippen LogP contribution in [0.4, 0.5) is 5.69 Å². The van der Waals surface area contributed by atoms with Crippen LogP contribution in [0.2, 0.25) is 0 Å². The van der Waals surface area contributed by atoms with E-state index < -0.39 is 0 Å². The molecule has 1 N–H and O–H groups in total. The Morgan fingerprint density at radius 2 is 1.89 bits per heavy atom. The number of rotatable bonds is 7. The number of fused-ring (bicyclic) bond motifs is 1. The van der Waals surface area contributed by atoms with Gasteiger partial charge in [0.05, 0.1) is 28.1 Å². The Morgan fingerprint density at radius 3 is 2.64 bits per heavy atom. The summed E-state index contributed by atoms with van der Waals surface area (Å²) in [5.41, 5.74) is 4.02. The van der Waals surface area contributed by atoms with Gasteiger partial charge in [-0.15, -0.1) is 0 Å². The number of hydrogen-bond acceptors (Lipinski definition) is 4. The van der Waals surface area contributed by atoms with Gasteiger partial charge in [0, 0.05) is 5.39 Å². The maximum Gasteiger partial charge on any atom is 0.238 e. The zero-order valence-corrected chi connectivity index (χ0v) is 17.6. The van der Waals surface area contributed by atoms with Crippen molar-refractivity contribution in [3.05, 3.63) is 59.7 Å². The van der Waals surface area contributed by atoms with Crippen molar-refractivity contribution in [2.45, 2.75) is 44.4 Å². The SMILES string of the molecule is CCOc1ccccc1NC(=O)C(CC)Sc1cc(C)c2cccc(C)c2n1. The molecule has 4 nitrogen and oxygen atoms in total. The zero-order chi connectivity index (χ0) is 20.1. The number of benzene rings is 2. The number of para-hydroxylation sites is 3. The van der Waals surface area contributed by atoms with Crippen molar-refractivity contribution >= 4 is 34.3 Å². The van der Waals surface area contributed by atoms with Crippen LogP contribution >= 0.6 is 11.8 Å². The van der Waals surface area contributed by atoms with Gasteiger partial charge in [-0.3, -0.25) is 4.79 Å². The number of nitrogens with zero attached hydrogens (tertiary/aromatic N) is 1. The normalized spacial score (nSPS) is 12.0. The highest BCUT2D eigenvalue weighted by atomic mass is 32.2. The van der Waals surface area contributed by atoms with Gasteiger partial charge in [-0.25, -0.2) is 4.98 Å². The Bertz CT molecular complexity index is 987. The Kier molecular flexibility index (Phi) is 6.57. The molecule has 0 radical (unpaired) electrons. The topological polar surface area (TPSA) is 51.2 Å². The summed E-state index contributed by atoms with van der Waals surface area (Å²) in [6.45, 7) is 8.66. The molecule has 0 saturated heterocycles. The summed E-state index contributed by atoms with van der Waals surface area (Å²) in [5.74, 6) is 0.650. The molecule has 0 fully saturated rings. The van der Waals surface area contributed by atoms with Crippen molar-refractivity contribution < 1.29 is 9.53 Å². The van der Waals surface area contributed by atoms with E-state index in [4.69, 9.17) is 9.72 Å². The van der Waals surface area contributed by atoms with Gasteiger partial charge in [0.15, 0.2) is 0 Å². The summed E-state index contributed by atoms with van der Waals surface area (Å²) in [4.78, 5) is 17.7. The number of aryl methyl sites for hydroxylation is 2. The molecule has 146 valence electrons. The maximum atomic E-state index is 12.9. The minimum atomic E-state index is -0.233. The van der Waals surface area contributed by atoms with E-state index in [1.807, 2.05) is 38.1 Å². The van der Waals surface area contributed by atoms with Crippen LogP contribution in [0, 0.1) is 13.8 Å². The van der Waals surface area contributed by atoms with E-state index in [2.05, 4.69) is 43.4 Å². The molecule has 0 spiro atoms. The van der Waals surface area contributed by atoms with E-state index in [-0.39, 0.29) is 11.2 Å². The second kappa shape index (κ2) is 9.11. The standard InChI is InChI=1S/C23H26N2O2S/c1-5-20(23(26)24-18-12-7-8-13-19(18)27-6-2)28-21-14-16(4)17-11-9-10-15(3)22(17)25-21/h7-14,20H,5-6H2,1-4H3,(H,24,26). The fourth-order valence-electron chi connectivity index (χ4n) is 3.12. The minimum absolute atomic E-state index is 0.0380. The van der Waals surface area contributed by atoms with Gasteiger partial charge in [0.2, 0.25) is 5.91 Å². The molecule has 5 heteroatoms. The highest BCUT2D eigenvalue weighted by molar-refractivity contribution is 8.00. The molecule has 3 aromatic rings. The zero-order valence-electron chi connectivity index (χ0n) is 16.8. The third kappa shape index (κ3) is 4.47. The predicted octanol–water partition coefficient (Wildman–Crippen LogP) is 5.76. The van der Waals surface area contributed by atoms with Crippen molar-refractivity contribution in [1.82, 2.24) is 4.98 Å². The Morgan fingerprint density at radius 1 is 1.11 bits per heavy atom. The van der Waals surface area contributed by atoms with Crippen LogP contribution in [0.3, 0.4) is 0 Å². The number of carbonyl (C=O) groups is 1. The molecule has 1 heterocycles. The van der Waals surface area contributed by atoms with E-state index in [1.165, 1.54) is 17.3 Å². The van der Waals surface area contributed by atoms with Gasteiger partial charge < -0.3 is 10.1 Å². The second-order valence-electron chi connectivity index (χ2n) is 6.68. The van der Waals surface area contributed by atoms with Gasteiger partial charge >= 0.3 is 0 Å². The molecule has 1 aromatic heterocycles. The van der Waals surface area contributed by atoms with Crippen LogP contribution in [0.25, 0.3) is 10.9 Å². The fourth-order valence-corrected chi connectivity index (χ4v) is 4.14. The molecule has 3 rings (SSSR count). The third-order valence-corrected chi connectivity index (χ3v) is 5.88. The number of aromatic nitrogens is 1. The summed E-state index contributed by atoms with van der Waals surface area (Å²) in [6, 6.07) is 15.8. The fraction of sp³-hybridized carbons (Fsp3) is 0.304. The van der Waals surface area contributed by atoms with Gasteiger partial charge in [-0.1, -0.05) is 49.0 Å². The number of amides is 1. The maximum absolute atomic E-state index is 12.9. The molecule has 0 aliphatic heterocycles. The largest absolute Gasteiger partial charge is 0.492 e. The molecule has 1 atom stereocenters. The summed E-state index contributed by atoms with van der Waals surface area (Å²) < 4.78 is 5.61. The van der Waals surface area contributed by atoms with Gasteiger partial charge in [0.25, 0.3) is 0 Å². The molecular formula is C23H26N2O2S. The first kappa shape index (κ1) is 20.2. The highest BCUT2D eigenvalue weighted by Crippen LogP contribution is 2.31. The van der Waals surface area contributed by atoms with E-state index in [9.17, 15) is 4.79 Å². The van der Waals surface area contributed by atoms with E-state index >= 15 is 0 Å². The van der Waals surface area contributed by atoms with Crippen LogP contribution in [0.1, 0.15) is 31.4 Å². The number of anilines is 1. The first-order valence-electron chi connectivity index (χ1n) is 9.59. The monoisotopic (exact) mass is 394 g/mol. The lowest BCUT2D eigenvalue weighted by molar-refractivity contribution is -0.115. The number of pyridine rings is 1. The average molecular weight is 395 g/mol. The van der Waals surface area contributed by atoms with Crippen LogP contribution in [-0.2, 0) is 4.79 Å². The molecule has 0 aliphatic rings. The molecule has 1 amide bonds. The quantitative estimate of drug-likeness (QED) is 0.518. The lowest BCUT2D eigenvalue weighted by Crippen LogP contribution is -2.25. The predicted molar refractivity (Wildman–Crippen MR) is 117 cm³/mol. The van der Waals surface area contributed by atoms with Crippen molar-refractivity contribution in [1.29, 1.82) is 0 Å². The molecular weight excluding hydrogens is 368 g/mol. The first-order chi connectivity index (χ1) is 13.5. The second-order valence-corrected chi connectivity index (χ2v) is 7.90. The summed E-state index contributed by atoms with van der Waals surface area (Å²) in [7, 11) is 0. The minimum Gasteiger partial charge on any atom is -0.492 e. The molecule has 2 aromatic carbocycles. The van der Waals surface area contributed by atoms with Crippen LogP contribution in [0.5, 0.6) is 5.75 Å². The smallest absolute Gasteiger partial charge is 0.238 e. The highest BCUT2D eigenvalue weighted by Gasteiger charge is 2.20. The number of hydrogen-bond donors (Lipinski definition) is 1. The van der Waals surface area contributed by atoms with E-state index in [0.29, 0.717) is 24.5 Å². The molecule has 0 saturated carbocycles. The van der Waals surface area contributed by atoms with E-state index in [1.54, 1.807) is 0 Å². The van der Waals surface area contributed by atoms with Crippen molar-refractivity contribution in [3.63, 3.8) is 0 Å². The average Bonchev–Trinajstić information content (AvgIpc) is 2.68. The van der Waals surface area contributed by atoms with Crippen molar-refractivity contribution in [2.24, 2.45) is 0 Å². The molecule has 0 bridgehead atoms. The molecule has 0 aliphatic carbocycles. The Labute approximate surface area is 170 Å². The third-order valence-electron chi connectivity index (χ3n) is 4.60. The summed E-state index contributed by atoms with van der Waals surface area (Å²) in [5, 5.41) is 4.82. The lowest BCUT2D eigenvalue weighted by atomic mass is 10.1. The van der Waals surface area contributed by atoms with Crippen molar-refractivity contribution in [3.8, 4) is 5.75 Å². The van der Waals surface area contributed by atoms with Crippen LogP contribution < -0.4 is 10.1 Å². The number of thioether (sulfide) groups is 1. The Hall–Kier alpha value is -2.53. The first-order valence-corrected chi connectivity index (χ1v) is 10.5. The van der Waals surface area contributed by atoms with Crippen LogP contribution in [0.15, 0.2) is 53.6 Å².